The molecule has 1 unspecified atom stereocenters. The van der Waals surface area contributed by atoms with E-state index in [1.165, 1.54) is 0 Å². The number of hydrogen-bond acceptors (Lipinski definition) is 2. The Labute approximate surface area is 56.9 Å². The van der Waals surface area contributed by atoms with Crippen LogP contribution in [0.15, 0.2) is 5.16 Å². The summed E-state index contributed by atoms with van der Waals surface area (Å²) in [6, 6.07) is 0. The quantitative estimate of drug-likeness (QED) is 0.410. The van der Waals surface area contributed by atoms with Crippen molar-refractivity contribution in [1.29, 1.82) is 0 Å². The Kier molecular flexibility index (Phi) is 5.27. The molecule has 0 aliphatic heterocycles. The van der Waals surface area contributed by atoms with E-state index in [-0.39, 0.29) is 6.10 Å². The Morgan fingerprint density at radius 2 is 2.22 bits per heavy atom. The highest BCUT2D eigenvalue weighted by Gasteiger charge is 2.02. The van der Waals surface area contributed by atoms with Crippen LogP contribution in [0.2, 0.25) is 0 Å². The summed E-state index contributed by atoms with van der Waals surface area (Å²) in [5, 5.41) is 3.13. The third-order valence-corrected chi connectivity index (χ3v) is 1.28. The molecule has 0 aromatic heterocycles. The Bertz CT molecular complexity index is 73.3. The summed E-state index contributed by atoms with van der Waals surface area (Å²) >= 11 is 0. The first-order chi connectivity index (χ1) is 4.35. The molecule has 0 spiro atoms. The molecule has 0 saturated carbocycles. The average Bonchev–Trinajstić information content (AvgIpc) is 1.88. The van der Waals surface area contributed by atoms with E-state index >= 15 is 0 Å². The molecule has 2 nitrogen and oxygen atoms in total. The zero-order chi connectivity index (χ0) is 7.11. The molecule has 1 atom stereocenters. The van der Waals surface area contributed by atoms with Gasteiger partial charge in [-0.25, -0.2) is 0 Å². The van der Waals surface area contributed by atoms with Gasteiger partial charge in [-0.05, 0) is 12.8 Å². The van der Waals surface area contributed by atoms with Crippen molar-refractivity contribution >= 4 is 6.72 Å². The standard InChI is InChI=1S/C7H14NO/c1-4-6-7(5-2)9-8-3/h3,7H,4-6H2,1-2H3. The molecule has 9 heavy (non-hydrogen) atoms. The Balaban J connectivity index is 3.28. The maximum Gasteiger partial charge on any atom is 0.127 e. The third kappa shape index (κ3) is 4.01. The molecule has 2 heteroatoms. The largest absolute Gasteiger partial charge is 0.392 e. The molecule has 0 bridgehead atoms. The molecule has 0 aromatic carbocycles. The molecular formula is C7H14NO. The van der Waals surface area contributed by atoms with Gasteiger partial charge in [-0.1, -0.05) is 25.4 Å². The van der Waals surface area contributed by atoms with Crippen molar-refractivity contribution in [3.8, 4) is 0 Å². The predicted octanol–water partition coefficient (Wildman–Crippen LogP) is 2.07. The van der Waals surface area contributed by atoms with Gasteiger partial charge in [-0.15, -0.1) is 0 Å². The second kappa shape index (κ2) is 5.60. The van der Waals surface area contributed by atoms with Gasteiger partial charge in [-0.2, -0.15) is 0 Å². The molecule has 0 aliphatic carbocycles. The lowest BCUT2D eigenvalue weighted by molar-refractivity contribution is 0.0517. The summed E-state index contributed by atoms with van der Waals surface area (Å²) in [6.45, 7) is 9.01. The van der Waals surface area contributed by atoms with Crippen molar-refractivity contribution < 1.29 is 4.84 Å². The van der Waals surface area contributed by atoms with Crippen molar-refractivity contribution in [2.45, 2.75) is 39.2 Å². The van der Waals surface area contributed by atoms with Crippen LogP contribution >= 0.6 is 0 Å². The van der Waals surface area contributed by atoms with Gasteiger partial charge < -0.3 is 4.84 Å². The number of rotatable bonds is 5. The fourth-order valence-electron chi connectivity index (χ4n) is 0.739. The molecular weight excluding hydrogens is 114 g/mol. The molecule has 0 heterocycles. The topological polar surface area (TPSA) is 21.6 Å². The first-order valence-electron chi connectivity index (χ1n) is 3.41. The van der Waals surface area contributed by atoms with Crippen molar-refractivity contribution in [3.05, 3.63) is 0 Å². The fraction of sp³-hybridized carbons (Fsp3) is 0.857. The number of nitrogens with zero attached hydrogens (tertiary/aromatic N) is 1. The maximum absolute atomic E-state index is 4.84. The highest BCUT2D eigenvalue weighted by atomic mass is 16.6. The van der Waals surface area contributed by atoms with Crippen LogP contribution < -0.4 is 0 Å². The van der Waals surface area contributed by atoms with Crippen LogP contribution in [0.1, 0.15) is 33.1 Å². The van der Waals surface area contributed by atoms with Gasteiger partial charge in [0.15, 0.2) is 0 Å². The molecule has 53 valence electrons. The SMILES string of the molecule is [CH]=NOC(CC)CCC. The van der Waals surface area contributed by atoms with Crippen molar-refractivity contribution in [2.24, 2.45) is 5.16 Å². The summed E-state index contributed by atoms with van der Waals surface area (Å²) < 4.78 is 0. The van der Waals surface area contributed by atoms with E-state index in [0.717, 1.165) is 19.3 Å². The normalized spacial score (nSPS) is 12.7. The molecule has 0 saturated heterocycles. The summed E-state index contributed by atoms with van der Waals surface area (Å²) in [5.74, 6) is 0. The Morgan fingerprint density at radius 3 is 2.56 bits per heavy atom. The van der Waals surface area contributed by atoms with Crippen LogP contribution in [-0.4, -0.2) is 12.8 Å². The lowest BCUT2D eigenvalue weighted by atomic mass is 10.2. The van der Waals surface area contributed by atoms with E-state index in [2.05, 4.69) is 19.0 Å². The van der Waals surface area contributed by atoms with E-state index in [1.807, 2.05) is 0 Å². The van der Waals surface area contributed by atoms with Crippen LogP contribution in [0.4, 0.5) is 0 Å². The van der Waals surface area contributed by atoms with Crippen LogP contribution in [0.3, 0.4) is 0 Å². The van der Waals surface area contributed by atoms with Gasteiger partial charge in [0.1, 0.15) is 6.10 Å². The smallest absolute Gasteiger partial charge is 0.127 e. The molecule has 0 amide bonds. The summed E-state index contributed by atoms with van der Waals surface area (Å²) in [6.07, 6.45) is 3.36. The molecule has 0 aliphatic rings. The second-order valence-corrected chi connectivity index (χ2v) is 2.03. The van der Waals surface area contributed by atoms with Gasteiger partial charge in [0.25, 0.3) is 0 Å². The van der Waals surface area contributed by atoms with Crippen molar-refractivity contribution in [1.82, 2.24) is 0 Å². The van der Waals surface area contributed by atoms with E-state index in [9.17, 15) is 0 Å². The Hall–Kier alpha value is -0.530. The van der Waals surface area contributed by atoms with Crippen LogP contribution in [-0.2, 0) is 4.84 Å². The fourth-order valence-corrected chi connectivity index (χ4v) is 0.739. The minimum Gasteiger partial charge on any atom is -0.392 e. The average molecular weight is 128 g/mol. The van der Waals surface area contributed by atoms with E-state index < -0.39 is 0 Å². The third-order valence-electron chi connectivity index (χ3n) is 1.28. The molecule has 1 radical (unpaired) electrons. The van der Waals surface area contributed by atoms with E-state index in [0.29, 0.717) is 0 Å². The first-order valence-corrected chi connectivity index (χ1v) is 3.41. The summed E-state index contributed by atoms with van der Waals surface area (Å²) in [5.41, 5.74) is 0. The van der Waals surface area contributed by atoms with Crippen molar-refractivity contribution in [3.63, 3.8) is 0 Å². The highest BCUT2D eigenvalue weighted by molar-refractivity contribution is 5.21. The van der Waals surface area contributed by atoms with Gasteiger partial charge in [0.2, 0.25) is 0 Å². The van der Waals surface area contributed by atoms with Crippen LogP contribution in [0.25, 0.3) is 0 Å². The van der Waals surface area contributed by atoms with Gasteiger partial charge in [-0.3, -0.25) is 0 Å². The second-order valence-electron chi connectivity index (χ2n) is 2.03. The van der Waals surface area contributed by atoms with Gasteiger partial charge >= 0.3 is 0 Å². The molecule has 0 N–H and O–H groups in total. The predicted molar refractivity (Wildman–Crippen MR) is 38.6 cm³/mol. The van der Waals surface area contributed by atoms with Gasteiger partial charge in [0, 0.05) is 0 Å². The van der Waals surface area contributed by atoms with Crippen LogP contribution in [0.5, 0.6) is 0 Å². The maximum atomic E-state index is 4.84. The van der Waals surface area contributed by atoms with E-state index in [1.54, 1.807) is 0 Å². The minimum absolute atomic E-state index is 0.222. The van der Waals surface area contributed by atoms with Crippen LogP contribution in [0, 0.1) is 0 Å². The molecule has 0 aromatic rings. The number of hydrogen-bond donors (Lipinski definition) is 0. The summed E-state index contributed by atoms with van der Waals surface area (Å²) in [4.78, 5) is 4.83. The molecule has 0 rings (SSSR count). The zero-order valence-electron chi connectivity index (χ0n) is 6.13. The van der Waals surface area contributed by atoms with Crippen molar-refractivity contribution in [2.75, 3.05) is 0 Å². The zero-order valence-corrected chi connectivity index (χ0v) is 6.13. The lowest BCUT2D eigenvalue weighted by Crippen LogP contribution is -2.06. The highest BCUT2D eigenvalue weighted by Crippen LogP contribution is 2.05. The first kappa shape index (κ1) is 8.47. The minimum atomic E-state index is 0.222. The van der Waals surface area contributed by atoms with Gasteiger partial charge in [0.05, 0.1) is 6.72 Å². The molecule has 0 fully saturated rings. The van der Waals surface area contributed by atoms with E-state index in [4.69, 9.17) is 11.6 Å². The lowest BCUT2D eigenvalue weighted by Gasteiger charge is -2.09. The summed E-state index contributed by atoms with van der Waals surface area (Å²) in [7, 11) is 0. The Morgan fingerprint density at radius 1 is 1.56 bits per heavy atom. The monoisotopic (exact) mass is 128 g/mol.